The number of hydrogen-bond acceptors (Lipinski definition) is 2. The van der Waals surface area contributed by atoms with Crippen molar-refractivity contribution >= 4 is 34.8 Å². The van der Waals surface area contributed by atoms with Crippen molar-refractivity contribution in [3.05, 3.63) is 56.8 Å². The molecule has 2 nitrogen and oxygen atoms in total. The molecule has 0 aliphatic heterocycles. The lowest BCUT2D eigenvalue weighted by atomic mass is 10.2. The third-order valence-corrected chi connectivity index (χ3v) is 3.45. The maximum atomic E-state index is 13.5. The van der Waals surface area contributed by atoms with Crippen LogP contribution in [-0.2, 0) is 6.61 Å². The number of rotatable bonds is 3. The van der Waals surface area contributed by atoms with Crippen molar-refractivity contribution in [1.82, 2.24) is 0 Å². The van der Waals surface area contributed by atoms with Crippen LogP contribution in [0.4, 0.5) is 4.39 Å². The van der Waals surface area contributed by atoms with Crippen LogP contribution in [0.3, 0.4) is 0 Å². The number of ether oxygens (including phenoxy) is 1. The first-order valence-electron chi connectivity index (χ1n) is 5.23. The first kappa shape index (κ1) is 14.4. The van der Waals surface area contributed by atoms with Crippen molar-refractivity contribution < 1.29 is 14.2 Å². The van der Waals surface area contributed by atoms with E-state index in [-0.39, 0.29) is 27.1 Å². The molecule has 2 aromatic carbocycles. The SMILES string of the molecule is OCc1c(F)cccc1Oc1cc(Cl)c(Cl)cc1Cl. The summed E-state index contributed by atoms with van der Waals surface area (Å²) in [6.45, 7) is -0.485. The quantitative estimate of drug-likeness (QED) is 0.800. The van der Waals surface area contributed by atoms with Gasteiger partial charge in [0, 0.05) is 6.07 Å². The van der Waals surface area contributed by atoms with Gasteiger partial charge in [0.1, 0.15) is 17.3 Å². The molecule has 0 saturated carbocycles. The average molecular weight is 322 g/mol. The highest BCUT2D eigenvalue weighted by atomic mass is 35.5. The Labute approximate surface area is 124 Å². The van der Waals surface area contributed by atoms with Crippen LogP contribution in [-0.4, -0.2) is 5.11 Å². The highest BCUT2D eigenvalue weighted by molar-refractivity contribution is 6.43. The predicted octanol–water partition coefficient (Wildman–Crippen LogP) is 5.07. The van der Waals surface area contributed by atoms with Gasteiger partial charge < -0.3 is 9.84 Å². The highest BCUT2D eigenvalue weighted by Crippen LogP contribution is 2.37. The molecule has 0 heterocycles. The second-order valence-corrected chi connectivity index (χ2v) is 4.90. The Morgan fingerprint density at radius 3 is 2.37 bits per heavy atom. The molecular weight excluding hydrogens is 313 g/mol. The van der Waals surface area contributed by atoms with Crippen molar-refractivity contribution in [3.63, 3.8) is 0 Å². The van der Waals surface area contributed by atoms with Crippen LogP contribution >= 0.6 is 34.8 Å². The van der Waals surface area contributed by atoms with Crippen molar-refractivity contribution in [2.75, 3.05) is 0 Å². The maximum absolute atomic E-state index is 13.5. The van der Waals surface area contributed by atoms with E-state index in [0.717, 1.165) is 0 Å². The summed E-state index contributed by atoms with van der Waals surface area (Å²) in [4.78, 5) is 0. The van der Waals surface area contributed by atoms with Gasteiger partial charge in [0.15, 0.2) is 0 Å². The lowest BCUT2D eigenvalue weighted by Crippen LogP contribution is -1.96. The zero-order valence-corrected chi connectivity index (χ0v) is 11.7. The molecule has 0 radical (unpaired) electrons. The first-order valence-corrected chi connectivity index (χ1v) is 6.37. The molecule has 2 rings (SSSR count). The maximum Gasteiger partial charge on any atom is 0.147 e. The standard InChI is InChI=1S/C13H8Cl3FO2/c14-8-4-10(16)13(5-9(8)15)19-12-3-1-2-11(17)7(12)6-18/h1-5,18H,6H2. The van der Waals surface area contributed by atoms with E-state index in [1.165, 1.54) is 30.3 Å². The predicted molar refractivity (Wildman–Crippen MR) is 73.9 cm³/mol. The molecule has 100 valence electrons. The van der Waals surface area contributed by atoms with Gasteiger partial charge in [0.25, 0.3) is 0 Å². The Balaban J connectivity index is 2.42. The van der Waals surface area contributed by atoms with Crippen molar-refractivity contribution in [1.29, 1.82) is 0 Å². The van der Waals surface area contributed by atoms with Crippen LogP contribution in [0.25, 0.3) is 0 Å². The van der Waals surface area contributed by atoms with Gasteiger partial charge in [0.05, 0.1) is 27.2 Å². The molecule has 0 aliphatic carbocycles. The monoisotopic (exact) mass is 320 g/mol. The third kappa shape index (κ3) is 3.12. The molecule has 0 unspecified atom stereocenters. The fraction of sp³-hybridized carbons (Fsp3) is 0.0769. The average Bonchev–Trinajstić information content (AvgIpc) is 2.36. The van der Waals surface area contributed by atoms with E-state index in [0.29, 0.717) is 5.02 Å². The zero-order chi connectivity index (χ0) is 14.0. The van der Waals surface area contributed by atoms with E-state index in [4.69, 9.17) is 44.6 Å². The molecule has 19 heavy (non-hydrogen) atoms. The van der Waals surface area contributed by atoms with Gasteiger partial charge in [-0.05, 0) is 18.2 Å². The number of benzene rings is 2. The van der Waals surface area contributed by atoms with Gasteiger partial charge in [-0.25, -0.2) is 4.39 Å². The topological polar surface area (TPSA) is 29.5 Å². The molecule has 6 heteroatoms. The van der Waals surface area contributed by atoms with Crippen molar-refractivity contribution in [3.8, 4) is 11.5 Å². The largest absolute Gasteiger partial charge is 0.455 e. The van der Waals surface area contributed by atoms with E-state index in [9.17, 15) is 4.39 Å². The van der Waals surface area contributed by atoms with Crippen molar-refractivity contribution in [2.45, 2.75) is 6.61 Å². The number of hydrogen-bond donors (Lipinski definition) is 1. The smallest absolute Gasteiger partial charge is 0.147 e. The third-order valence-electron chi connectivity index (χ3n) is 2.43. The van der Waals surface area contributed by atoms with Gasteiger partial charge in [0.2, 0.25) is 0 Å². The Morgan fingerprint density at radius 1 is 1.00 bits per heavy atom. The lowest BCUT2D eigenvalue weighted by Gasteiger charge is -2.12. The molecule has 0 aliphatic rings. The number of aliphatic hydroxyl groups excluding tert-OH is 1. The van der Waals surface area contributed by atoms with Crippen LogP contribution in [0.5, 0.6) is 11.5 Å². The number of halogens is 4. The molecule has 0 atom stereocenters. The molecular formula is C13H8Cl3FO2. The summed E-state index contributed by atoms with van der Waals surface area (Å²) >= 11 is 17.6. The lowest BCUT2D eigenvalue weighted by molar-refractivity contribution is 0.270. The summed E-state index contributed by atoms with van der Waals surface area (Å²) in [5.41, 5.74) is 0.0460. The van der Waals surface area contributed by atoms with Gasteiger partial charge in [-0.3, -0.25) is 0 Å². The molecule has 0 fully saturated rings. The van der Waals surface area contributed by atoms with Gasteiger partial charge in [-0.15, -0.1) is 0 Å². The summed E-state index contributed by atoms with van der Waals surface area (Å²) in [6.07, 6.45) is 0. The molecule has 2 aromatic rings. The Kier molecular flexibility index (Phi) is 4.53. The van der Waals surface area contributed by atoms with E-state index in [1.54, 1.807) is 0 Å². The van der Waals surface area contributed by atoms with Crippen LogP contribution in [0, 0.1) is 5.82 Å². The minimum absolute atomic E-state index is 0.0460. The second kappa shape index (κ2) is 5.97. The summed E-state index contributed by atoms with van der Waals surface area (Å²) in [7, 11) is 0. The van der Waals surface area contributed by atoms with E-state index in [2.05, 4.69) is 0 Å². The fourth-order valence-corrected chi connectivity index (χ4v) is 2.06. The Bertz CT molecular complexity index is 617. The molecule has 0 saturated heterocycles. The fourth-order valence-electron chi connectivity index (χ4n) is 1.49. The van der Waals surface area contributed by atoms with E-state index >= 15 is 0 Å². The molecule has 0 amide bonds. The van der Waals surface area contributed by atoms with E-state index in [1.807, 2.05) is 0 Å². The minimum atomic E-state index is -0.559. The Morgan fingerprint density at radius 2 is 1.68 bits per heavy atom. The van der Waals surface area contributed by atoms with Gasteiger partial charge in [-0.1, -0.05) is 40.9 Å². The van der Waals surface area contributed by atoms with Crippen LogP contribution < -0.4 is 4.74 Å². The zero-order valence-electron chi connectivity index (χ0n) is 9.46. The molecule has 0 bridgehead atoms. The van der Waals surface area contributed by atoms with Gasteiger partial charge >= 0.3 is 0 Å². The first-order chi connectivity index (χ1) is 9.02. The molecule has 0 spiro atoms. The summed E-state index contributed by atoms with van der Waals surface area (Å²) in [5, 5.41) is 9.94. The summed E-state index contributed by atoms with van der Waals surface area (Å²) in [5.74, 6) is -0.157. The van der Waals surface area contributed by atoms with Gasteiger partial charge in [-0.2, -0.15) is 0 Å². The summed E-state index contributed by atoms with van der Waals surface area (Å²) < 4.78 is 18.9. The van der Waals surface area contributed by atoms with Crippen molar-refractivity contribution in [2.24, 2.45) is 0 Å². The highest BCUT2D eigenvalue weighted by Gasteiger charge is 2.13. The van der Waals surface area contributed by atoms with Crippen LogP contribution in [0.15, 0.2) is 30.3 Å². The molecule has 0 aromatic heterocycles. The minimum Gasteiger partial charge on any atom is -0.455 e. The van der Waals surface area contributed by atoms with Crippen LogP contribution in [0.1, 0.15) is 5.56 Å². The summed E-state index contributed by atoms with van der Waals surface area (Å²) in [6, 6.07) is 7.08. The molecule has 1 N–H and O–H groups in total. The number of aliphatic hydroxyl groups is 1. The second-order valence-electron chi connectivity index (χ2n) is 3.67. The normalized spacial score (nSPS) is 10.6. The Hall–Kier alpha value is -1.000. The van der Waals surface area contributed by atoms with E-state index < -0.39 is 12.4 Å². The van der Waals surface area contributed by atoms with Crippen LogP contribution in [0.2, 0.25) is 15.1 Å².